The van der Waals surface area contributed by atoms with Gasteiger partial charge in [-0.15, -0.1) is 0 Å². The van der Waals surface area contributed by atoms with E-state index in [2.05, 4.69) is 34.2 Å². The molecule has 7 nitrogen and oxygen atoms in total. The Morgan fingerprint density at radius 2 is 2.00 bits per heavy atom. The van der Waals surface area contributed by atoms with E-state index in [1.807, 2.05) is 17.0 Å². The first-order valence-electron chi connectivity index (χ1n) is 11.4. The second kappa shape index (κ2) is 10.7. The van der Waals surface area contributed by atoms with Crippen LogP contribution in [0.3, 0.4) is 0 Å². The number of carbonyl (C=O) groups excluding carboxylic acids is 1. The predicted octanol–water partition coefficient (Wildman–Crippen LogP) is 3.65. The minimum absolute atomic E-state index is 0.0239. The highest BCUT2D eigenvalue weighted by Gasteiger charge is 2.36. The van der Waals surface area contributed by atoms with Crippen molar-refractivity contribution in [2.75, 3.05) is 39.9 Å². The molecule has 2 aliphatic heterocycles. The van der Waals surface area contributed by atoms with Crippen LogP contribution >= 0.6 is 23.2 Å². The summed E-state index contributed by atoms with van der Waals surface area (Å²) < 4.78 is 5.39. The molecular formula is C24H31Cl2N5O2. The summed E-state index contributed by atoms with van der Waals surface area (Å²) in [5.41, 5.74) is 2.54. The molecule has 0 radical (unpaired) electrons. The Labute approximate surface area is 205 Å². The first kappa shape index (κ1) is 24.4. The number of piperidine rings is 1. The van der Waals surface area contributed by atoms with Gasteiger partial charge in [0, 0.05) is 55.9 Å². The Balaban J connectivity index is 1.31. The summed E-state index contributed by atoms with van der Waals surface area (Å²) in [5.74, 6) is -0.0239. The van der Waals surface area contributed by atoms with Crippen molar-refractivity contribution in [2.45, 2.75) is 38.9 Å². The van der Waals surface area contributed by atoms with E-state index >= 15 is 0 Å². The molecule has 33 heavy (non-hydrogen) atoms. The van der Waals surface area contributed by atoms with E-state index in [9.17, 15) is 4.79 Å². The van der Waals surface area contributed by atoms with Crippen LogP contribution in [0.1, 0.15) is 41.4 Å². The number of amides is 1. The lowest BCUT2D eigenvalue weighted by molar-refractivity contribution is -0.117. The molecule has 1 aromatic heterocycles. The van der Waals surface area contributed by atoms with Gasteiger partial charge in [-0.05, 0) is 37.6 Å². The number of nitrogens with zero attached hydrogens (tertiary/aromatic N) is 4. The Morgan fingerprint density at radius 3 is 2.67 bits per heavy atom. The molecule has 1 amide bonds. The third-order valence-electron chi connectivity index (χ3n) is 6.53. The molecule has 0 saturated carbocycles. The SMILES string of the molecule is CN(CC1(C)COC1)C1CCN(C(=O)c2ncncc2CNCc2ccc(Cl)c(Cl)c2)CC1. The van der Waals surface area contributed by atoms with Gasteiger partial charge in [-0.25, -0.2) is 9.97 Å². The lowest BCUT2D eigenvalue weighted by atomic mass is 9.87. The Morgan fingerprint density at radius 1 is 1.24 bits per heavy atom. The van der Waals surface area contributed by atoms with E-state index in [0.29, 0.717) is 34.9 Å². The van der Waals surface area contributed by atoms with Crippen LogP contribution in [0.4, 0.5) is 0 Å². The number of carbonyl (C=O) groups is 1. The zero-order valence-electron chi connectivity index (χ0n) is 19.2. The molecule has 9 heteroatoms. The molecule has 0 unspecified atom stereocenters. The molecule has 178 valence electrons. The fraction of sp³-hybridized carbons (Fsp3) is 0.542. The van der Waals surface area contributed by atoms with Crippen LogP contribution in [0.5, 0.6) is 0 Å². The summed E-state index contributed by atoms with van der Waals surface area (Å²) in [6.45, 7) is 7.55. The number of ether oxygens (including phenoxy) is 1. The smallest absolute Gasteiger partial charge is 0.272 e. The standard InChI is InChI=1S/C24H31Cl2N5O2/c1-24(14-33-15-24)13-30(2)19-5-7-31(8-6-19)23(32)22-18(12-28-16-29-22)11-27-10-17-3-4-20(25)21(26)9-17/h3-4,9,12,16,19,27H,5-8,10-11,13-15H2,1-2H3. The Kier molecular flexibility index (Phi) is 7.87. The van der Waals surface area contributed by atoms with E-state index in [4.69, 9.17) is 27.9 Å². The maximum atomic E-state index is 13.2. The fourth-order valence-corrected chi connectivity index (χ4v) is 4.92. The van der Waals surface area contributed by atoms with Crippen LogP contribution in [0.25, 0.3) is 0 Å². The molecule has 0 aliphatic carbocycles. The molecule has 0 spiro atoms. The molecule has 4 rings (SSSR count). The van der Waals surface area contributed by atoms with E-state index < -0.39 is 0 Å². The first-order valence-corrected chi connectivity index (χ1v) is 12.1. The van der Waals surface area contributed by atoms with E-state index in [1.54, 1.807) is 12.3 Å². The van der Waals surface area contributed by atoms with Crippen molar-refractivity contribution < 1.29 is 9.53 Å². The summed E-state index contributed by atoms with van der Waals surface area (Å²) in [7, 11) is 2.19. The summed E-state index contributed by atoms with van der Waals surface area (Å²) >= 11 is 12.1. The topological polar surface area (TPSA) is 70.6 Å². The molecule has 2 fully saturated rings. The van der Waals surface area contributed by atoms with Crippen molar-refractivity contribution in [3.8, 4) is 0 Å². The summed E-state index contributed by atoms with van der Waals surface area (Å²) in [4.78, 5) is 26.1. The van der Waals surface area contributed by atoms with Gasteiger partial charge in [-0.1, -0.05) is 36.2 Å². The highest BCUT2D eigenvalue weighted by Crippen LogP contribution is 2.29. The van der Waals surface area contributed by atoms with Gasteiger partial charge in [0.05, 0.1) is 23.3 Å². The average molecular weight is 492 g/mol. The minimum Gasteiger partial charge on any atom is -0.380 e. The molecular weight excluding hydrogens is 461 g/mol. The largest absolute Gasteiger partial charge is 0.380 e. The van der Waals surface area contributed by atoms with Crippen molar-refractivity contribution in [2.24, 2.45) is 5.41 Å². The number of nitrogens with one attached hydrogen (secondary N) is 1. The van der Waals surface area contributed by atoms with E-state index in [1.165, 1.54) is 6.33 Å². The van der Waals surface area contributed by atoms with Crippen LogP contribution in [0.15, 0.2) is 30.7 Å². The summed E-state index contributed by atoms with van der Waals surface area (Å²) in [5, 5.41) is 4.41. The molecule has 0 atom stereocenters. The molecule has 3 heterocycles. The van der Waals surface area contributed by atoms with Crippen molar-refractivity contribution in [1.82, 2.24) is 25.1 Å². The quantitative estimate of drug-likeness (QED) is 0.607. The van der Waals surface area contributed by atoms with Gasteiger partial charge in [0.15, 0.2) is 0 Å². The number of benzene rings is 1. The normalized spacial score (nSPS) is 18.4. The summed E-state index contributed by atoms with van der Waals surface area (Å²) in [6.07, 6.45) is 5.09. The number of aromatic nitrogens is 2. The van der Waals surface area contributed by atoms with Crippen LogP contribution in [0, 0.1) is 5.41 Å². The monoisotopic (exact) mass is 491 g/mol. The predicted molar refractivity (Wildman–Crippen MR) is 130 cm³/mol. The van der Waals surface area contributed by atoms with Crippen molar-refractivity contribution in [3.63, 3.8) is 0 Å². The second-order valence-corrected chi connectivity index (χ2v) is 10.3. The maximum absolute atomic E-state index is 13.2. The molecule has 1 aromatic carbocycles. The number of hydrogen-bond acceptors (Lipinski definition) is 6. The fourth-order valence-electron chi connectivity index (χ4n) is 4.60. The van der Waals surface area contributed by atoms with E-state index in [0.717, 1.165) is 56.8 Å². The van der Waals surface area contributed by atoms with Gasteiger partial charge in [0.25, 0.3) is 5.91 Å². The molecule has 1 N–H and O–H groups in total. The highest BCUT2D eigenvalue weighted by atomic mass is 35.5. The number of rotatable bonds is 8. The third-order valence-corrected chi connectivity index (χ3v) is 7.27. The Hall–Kier alpha value is -1.77. The van der Waals surface area contributed by atoms with Crippen LogP contribution in [0.2, 0.25) is 10.0 Å². The van der Waals surface area contributed by atoms with Gasteiger partial charge in [-0.2, -0.15) is 0 Å². The number of hydrogen-bond donors (Lipinski definition) is 1. The molecule has 2 aromatic rings. The van der Waals surface area contributed by atoms with Crippen LogP contribution in [-0.2, 0) is 17.8 Å². The lowest BCUT2D eigenvalue weighted by Crippen LogP contribution is -2.52. The lowest BCUT2D eigenvalue weighted by Gasteiger charge is -2.44. The molecule has 0 bridgehead atoms. The van der Waals surface area contributed by atoms with Crippen LogP contribution in [-0.4, -0.2) is 71.6 Å². The van der Waals surface area contributed by atoms with Gasteiger partial charge >= 0.3 is 0 Å². The van der Waals surface area contributed by atoms with Crippen molar-refractivity contribution in [3.05, 3.63) is 57.6 Å². The number of likely N-dealkylation sites (tertiary alicyclic amines) is 1. The number of halogens is 2. The van der Waals surface area contributed by atoms with Gasteiger partial charge in [0.2, 0.25) is 0 Å². The van der Waals surface area contributed by atoms with Gasteiger partial charge in [0.1, 0.15) is 12.0 Å². The van der Waals surface area contributed by atoms with Gasteiger partial charge in [-0.3, -0.25) is 4.79 Å². The maximum Gasteiger partial charge on any atom is 0.272 e. The summed E-state index contributed by atoms with van der Waals surface area (Å²) in [6, 6.07) is 6.03. The molecule has 2 saturated heterocycles. The zero-order valence-corrected chi connectivity index (χ0v) is 20.7. The third kappa shape index (κ3) is 6.03. The zero-order chi connectivity index (χ0) is 23.4. The minimum atomic E-state index is -0.0239. The second-order valence-electron chi connectivity index (χ2n) is 9.49. The van der Waals surface area contributed by atoms with Gasteiger partial charge < -0.3 is 19.9 Å². The van der Waals surface area contributed by atoms with Crippen LogP contribution < -0.4 is 5.32 Å². The average Bonchev–Trinajstić information content (AvgIpc) is 2.80. The van der Waals surface area contributed by atoms with Crippen molar-refractivity contribution >= 4 is 29.1 Å². The van der Waals surface area contributed by atoms with E-state index in [-0.39, 0.29) is 11.3 Å². The molecule has 2 aliphatic rings. The van der Waals surface area contributed by atoms with Crippen molar-refractivity contribution in [1.29, 1.82) is 0 Å². The Bertz CT molecular complexity index is 977. The first-order chi connectivity index (χ1) is 15.8. The highest BCUT2D eigenvalue weighted by molar-refractivity contribution is 6.42.